The number of hydrogen-bond donors (Lipinski definition) is 1. The Morgan fingerprint density at radius 2 is 1.88 bits per heavy atom. The molecule has 1 aromatic heterocycles. The highest BCUT2D eigenvalue weighted by atomic mass is 32.2. The molecule has 0 spiro atoms. The Labute approximate surface area is 155 Å². The van der Waals surface area contributed by atoms with E-state index in [9.17, 15) is 17.6 Å². The standard InChI is InChI=1S/C16H18FN3O4S2/c1-11-7-15(25-10-16(21)22)19-14(18-11)9-20(26(2,23)24)8-12-3-5-13(17)6-4-12/h3-7H,8-10H2,1-2H3,(H,21,22). The van der Waals surface area contributed by atoms with Gasteiger partial charge in [-0.15, -0.1) is 0 Å². The van der Waals surface area contributed by atoms with E-state index in [2.05, 4.69) is 9.97 Å². The molecule has 0 aliphatic rings. The van der Waals surface area contributed by atoms with Gasteiger partial charge in [-0.3, -0.25) is 4.79 Å². The Morgan fingerprint density at radius 3 is 2.46 bits per heavy atom. The third-order valence-corrected chi connectivity index (χ3v) is 5.37. The largest absolute Gasteiger partial charge is 0.481 e. The van der Waals surface area contributed by atoms with Crippen LogP contribution >= 0.6 is 11.8 Å². The van der Waals surface area contributed by atoms with Crippen LogP contribution in [0, 0.1) is 12.7 Å². The number of hydrogen-bond acceptors (Lipinski definition) is 6. The van der Waals surface area contributed by atoms with Crippen molar-refractivity contribution in [3.05, 3.63) is 53.2 Å². The summed E-state index contributed by atoms with van der Waals surface area (Å²) in [5, 5.41) is 9.23. The molecule has 140 valence electrons. The summed E-state index contributed by atoms with van der Waals surface area (Å²) in [5.74, 6) is -1.25. The molecule has 0 bridgehead atoms. The number of halogens is 1. The number of aromatic nitrogens is 2. The number of benzene rings is 1. The van der Waals surface area contributed by atoms with Crippen molar-refractivity contribution in [3.8, 4) is 0 Å². The highest BCUT2D eigenvalue weighted by Crippen LogP contribution is 2.18. The van der Waals surface area contributed by atoms with Crippen LogP contribution in [0.4, 0.5) is 4.39 Å². The van der Waals surface area contributed by atoms with Crippen LogP contribution in [0.5, 0.6) is 0 Å². The Kier molecular flexibility index (Phi) is 6.68. The van der Waals surface area contributed by atoms with Crippen molar-refractivity contribution in [2.75, 3.05) is 12.0 Å². The quantitative estimate of drug-likeness (QED) is 0.536. The van der Waals surface area contributed by atoms with Gasteiger partial charge in [0.25, 0.3) is 0 Å². The molecule has 0 radical (unpaired) electrons. The maximum absolute atomic E-state index is 13.0. The summed E-state index contributed by atoms with van der Waals surface area (Å²) in [5.41, 5.74) is 1.24. The number of nitrogens with zero attached hydrogens (tertiary/aromatic N) is 3. The topological polar surface area (TPSA) is 100 Å². The predicted octanol–water partition coefficient (Wildman–Crippen LogP) is 2.06. The number of thioether (sulfide) groups is 1. The van der Waals surface area contributed by atoms with Gasteiger partial charge in [0, 0.05) is 12.2 Å². The number of aliphatic carboxylic acids is 1. The lowest BCUT2D eigenvalue weighted by atomic mass is 10.2. The van der Waals surface area contributed by atoms with E-state index in [1.54, 1.807) is 13.0 Å². The van der Waals surface area contributed by atoms with Gasteiger partial charge in [-0.25, -0.2) is 22.8 Å². The van der Waals surface area contributed by atoms with Crippen molar-refractivity contribution in [2.45, 2.75) is 25.0 Å². The fraction of sp³-hybridized carbons (Fsp3) is 0.312. The second-order valence-corrected chi connectivity index (χ2v) is 8.58. The zero-order valence-corrected chi connectivity index (χ0v) is 15.8. The Hall–Kier alpha value is -2.04. The first kappa shape index (κ1) is 20.3. The lowest BCUT2D eigenvalue weighted by Gasteiger charge is -2.19. The van der Waals surface area contributed by atoms with Crippen LogP contribution < -0.4 is 0 Å². The van der Waals surface area contributed by atoms with Crippen molar-refractivity contribution >= 4 is 27.8 Å². The smallest absolute Gasteiger partial charge is 0.313 e. The Morgan fingerprint density at radius 1 is 1.23 bits per heavy atom. The summed E-state index contributed by atoms with van der Waals surface area (Å²) in [6, 6.07) is 7.19. The Balaban J connectivity index is 2.22. The molecule has 1 heterocycles. The van der Waals surface area contributed by atoms with Gasteiger partial charge in [-0.2, -0.15) is 4.31 Å². The number of carboxylic acids is 1. The molecule has 26 heavy (non-hydrogen) atoms. The number of carboxylic acid groups (broad SMARTS) is 1. The maximum atomic E-state index is 13.0. The molecule has 1 N–H and O–H groups in total. The third kappa shape index (κ3) is 6.36. The summed E-state index contributed by atoms with van der Waals surface area (Å²) in [6.07, 6.45) is 1.08. The molecule has 2 rings (SSSR count). The average Bonchev–Trinajstić information content (AvgIpc) is 2.53. The summed E-state index contributed by atoms with van der Waals surface area (Å²) in [4.78, 5) is 19.2. The van der Waals surface area contributed by atoms with Gasteiger partial charge in [0.05, 0.1) is 18.6 Å². The molecule has 0 saturated carbocycles. The van der Waals surface area contributed by atoms with E-state index in [0.717, 1.165) is 18.0 Å². The third-order valence-electron chi connectivity index (χ3n) is 3.28. The minimum absolute atomic E-state index is 0.0496. The summed E-state index contributed by atoms with van der Waals surface area (Å²) >= 11 is 1.04. The van der Waals surface area contributed by atoms with Gasteiger partial charge in [0.15, 0.2) is 0 Å². The molecule has 0 saturated heterocycles. The molecule has 7 nitrogen and oxygen atoms in total. The van der Waals surface area contributed by atoms with Crippen LogP contribution in [0.25, 0.3) is 0 Å². The fourth-order valence-electron chi connectivity index (χ4n) is 2.12. The lowest BCUT2D eigenvalue weighted by molar-refractivity contribution is -0.133. The first-order chi connectivity index (χ1) is 12.1. The van der Waals surface area contributed by atoms with Gasteiger partial charge < -0.3 is 5.11 Å². The van der Waals surface area contributed by atoms with E-state index < -0.39 is 21.8 Å². The fourth-order valence-corrected chi connectivity index (χ4v) is 3.55. The molecule has 0 fully saturated rings. The van der Waals surface area contributed by atoms with E-state index in [1.165, 1.54) is 28.6 Å². The van der Waals surface area contributed by atoms with Crippen LogP contribution in [-0.4, -0.2) is 45.8 Å². The van der Waals surface area contributed by atoms with Crippen molar-refractivity contribution < 1.29 is 22.7 Å². The van der Waals surface area contributed by atoms with E-state index >= 15 is 0 Å². The van der Waals surface area contributed by atoms with Gasteiger partial charge in [0.1, 0.15) is 16.7 Å². The second-order valence-electron chi connectivity index (χ2n) is 5.60. The van der Waals surface area contributed by atoms with Gasteiger partial charge in [0.2, 0.25) is 10.0 Å². The van der Waals surface area contributed by atoms with E-state index in [4.69, 9.17) is 5.11 Å². The normalized spacial score (nSPS) is 11.7. The van der Waals surface area contributed by atoms with Crippen molar-refractivity contribution in [1.82, 2.24) is 14.3 Å². The monoisotopic (exact) mass is 399 g/mol. The molecule has 10 heteroatoms. The van der Waals surface area contributed by atoms with Crippen LogP contribution in [0.1, 0.15) is 17.1 Å². The van der Waals surface area contributed by atoms with Crippen LogP contribution in [0.3, 0.4) is 0 Å². The van der Waals surface area contributed by atoms with Gasteiger partial charge >= 0.3 is 5.97 Å². The highest BCUT2D eigenvalue weighted by molar-refractivity contribution is 7.99. The summed E-state index contributed by atoms with van der Waals surface area (Å²) < 4.78 is 38.4. The minimum atomic E-state index is -3.56. The van der Waals surface area contributed by atoms with Crippen LogP contribution in [0.15, 0.2) is 35.4 Å². The first-order valence-electron chi connectivity index (χ1n) is 7.52. The van der Waals surface area contributed by atoms with Crippen molar-refractivity contribution in [3.63, 3.8) is 0 Å². The zero-order chi connectivity index (χ0) is 19.3. The second kappa shape index (κ2) is 8.56. The molecule has 0 aliphatic carbocycles. The number of carbonyl (C=O) groups is 1. The van der Waals surface area contributed by atoms with Crippen LogP contribution in [0.2, 0.25) is 0 Å². The van der Waals surface area contributed by atoms with E-state index in [-0.39, 0.29) is 24.7 Å². The van der Waals surface area contributed by atoms with E-state index in [1.807, 2.05) is 0 Å². The number of aryl methyl sites for hydroxylation is 1. The molecule has 2 aromatic rings. The summed E-state index contributed by atoms with van der Waals surface area (Å²) in [7, 11) is -3.56. The molecule has 0 aliphatic heterocycles. The number of sulfonamides is 1. The maximum Gasteiger partial charge on any atom is 0.313 e. The first-order valence-corrected chi connectivity index (χ1v) is 10.4. The highest BCUT2D eigenvalue weighted by Gasteiger charge is 2.19. The molecule has 0 atom stereocenters. The lowest BCUT2D eigenvalue weighted by Crippen LogP contribution is -2.30. The average molecular weight is 399 g/mol. The van der Waals surface area contributed by atoms with Crippen molar-refractivity contribution in [1.29, 1.82) is 0 Å². The zero-order valence-electron chi connectivity index (χ0n) is 14.2. The van der Waals surface area contributed by atoms with Crippen molar-refractivity contribution in [2.24, 2.45) is 0 Å². The SMILES string of the molecule is Cc1cc(SCC(=O)O)nc(CN(Cc2ccc(F)cc2)S(C)(=O)=O)n1. The number of rotatable bonds is 8. The predicted molar refractivity (Wildman–Crippen MR) is 95.6 cm³/mol. The van der Waals surface area contributed by atoms with Crippen LogP contribution in [-0.2, 0) is 27.9 Å². The molecule has 0 unspecified atom stereocenters. The molecule has 0 amide bonds. The molecular weight excluding hydrogens is 381 g/mol. The Bertz CT molecular complexity index is 889. The molecular formula is C16H18FN3O4S2. The van der Waals surface area contributed by atoms with Gasteiger partial charge in [-0.05, 0) is 30.7 Å². The van der Waals surface area contributed by atoms with E-state index in [0.29, 0.717) is 16.3 Å². The van der Waals surface area contributed by atoms with Gasteiger partial charge in [-0.1, -0.05) is 23.9 Å². The summed E-state index contributed by atoms with van der Waals surface area (Å²) in [6.45, 7) is 1.70. The minimum Gasteiger partial charge on any atom is -0.481 e. The molecule has 1 aromatic carbocycles.